The molecule has 6 aromatic rings. The lowest BCUT2D eigenvalue weighted by Crippen LogP contribution is -2.04. The molecule has 7 rings (SSSR count). The lowest BCUT2D eigenvalue weighted by Gasteiger charge is -2.13. The second-order valence-electron chi connectivity index (χ2n) is 8.99. The van der Waals surface area contributed by atoms with Gasteiger partial charge in [-0.05, 0) is 46.8 Å². The molecular weight excluding hydrogens is 507 g/mol. The van der Waals surface area contributed by atoms with Crippen LogP contribution in [0.15, 0.2) is 83.3 Å². The number of para-hydroxylation sites is 1. The van der Waals surface area contributed by atoms with Gasteiger partial charge in [-0.2, -0.15) is 0 Å². The molecule has 0 amide bonds. The smallest absolute Gasteiger partial charge is 0.338 e. The van der Waals surface area contributed by atoms with Crippen LogP contribution in [0.2, 0.25) is 10.0 Å². The molecule has 6 heteroatoms. The van der Waals surface area contributed by atoms with Crippen molar-refractivity contribution >= 4 is 67.7 Å². The van der Waals surface area contributed by atoms with E-state index in [-0.39, 0.29) is 5.78 Å². The lowest BCUT2D eigenvalue weighted by molar-refractivity contribution is 0.0601. The van der Waals surface area contributed by atoms with E-state index in [1.54, 1.807) is 24.3 Å². The van der Waals surface area contributed by atoms with Crippen molar-refractivity contribution in [1.29, 1.82) is 0 Å². The molecule has 0 spiro atoms. The van der Waals surface area contributed by atoms with E-state index >= 15 is 0 Å². The highest BCUT2D eigenvalue weighted by atomic mass is 35.5. The van der Waals surface area contributed by atoms with Crippen LogP contribution in [0.4, 0.5) is 0 Å². The number of fused-ring (bicyclic) bond motifs is 9. The number of hydrogen-bond donors (Lipinski definition) is 0. The average molecular weight is 523 g/mol. The largest absolute Gasteiger partial charge is 0.465 e. The topological polar surface area (TPSA) is 56.5 Å². The third-order valence-corrected chi connectivity index (χ3v) is 7.61. The Hall–Kier alpha value is -4.12. The number of ether oxygens (including phenoxy) is 1. The van der Waals surface area contributed by atoms with E-state index in [1.807, 2.05) is 54.6 Å². The Labute approximate surface area is 221 Å². The summed E-state index contributed by atoms with van der Waals surface area (Å²) in [5.74, 6) is -0.666. The maximum atomic E-state index is 13.8. The van der Waals surface area contributed by atoms with Crippen molar-refractivity contribution in [1.82, 2.24) is 0 Å². The molecule has 0 saturated heterocycles. The van der Waals surface area contributed by atoms with Crippen molar-refractivity contribution in [3.63, 3.8) is 0 Å². The van der Waals surface area contributed by atoms with Crippen LogP contribution in [-0.2, 0) is 4.74 Å². The summed E-state index contributed by atoms with van der Waals surface area (Å²) >= 11 is 12.9. The van der Waals surface area contributed by atoms with Crippen molar-refractivity contribution in [2.24, 2.45) is 0 Å². The van der Waals surface area contributed by atoms with Crippen molar-refractivity contribution in [2.75, 3.05) is 7.11 Å². The number of benzene rings is 5. The molecule has 0 fully saturated rings. The highest BCUT2D eigenvalue weighted by Gasteiger charge is 2.35. The van der Waals surface area contributed by atoms with Gasteiger partial charge in [-0.15, -0.1) is 0 Å². The zero-order valence-electron chi connectivity index (χ0n) is 19.4. The van der Waals surface area contributed by atoms with Gasteiger partial charge in [0.25, 0.3) is 0 Å². The lowest BCUT2D eigenvalue weighted by atomic mass is 9.90. The van der Waals surface area contributed by atoms with E-state index < -0.39 is 5.97 Å². The molecule has 0 N–H and O–H groups in total. The average Bonchev–Trinajstić information content (AvgIpc) is 3.44. The number of furan rings is 1. The first-order valence-corrected chi connectivity index (χ1v) is 12.4. The molecule has 0 aliphatic heterocycles. The number of carbonyl (C=O) groups is 2. The predicted octanol–water partition coefficient (Wildman–Crippen LogP) is 8.71. The number of methoxy groups -OCH3 is 1. The van der Waals surface area contributed by atoms with Crippen LogP contribution in [0.5, 0.6) is 0 Å². The molecule has 1 aliphatic carbocycles. The fraction of sp³-hybridized carbons (Fsp3) is 0.0323. The van der Waals surface area contributed by atoms with Crippen LogP contribution in [0.1, 0.15) is 26.3 Å². The van der Waals surface area contributed by atoms with E-state index in [4.69, 9.17) is 32.4 Å². The number of esters is 1. The fourth-order valence-corrected chi connectivity index (χ4v) is 5.94. The summed E-state index contributed by atoms with van der Waals surface area (Å²) < 4.78 is 11.5. The Morgan fingerprint density at radius 1 is 0.757 bits per heavy atom. The van der Waals surface area contributed by atoms with Crippen molar-refractivity contribution in [2.45, 2.75) is 0 Å². The van der Waals surface area contributed by atoms with E-state index in [0.717, 1.165) is 32.7 Å². The molecule has 0 bridgehead atoms. The highest BCUT2D eigenvalue weighted by molar-refractivity contribution is 6.40. The normalized spacial score (nSPS) is 12.4. The molecule has 0 atom stereocenters. The van der Waals surface area contributed by atoms with E-state index in [1.165, 1.54) is 7.11 Å². The first kappa shape index (κ1) is 22.1. The van der Waals surface area contributed by atoms with Crippen molar-refractivity contribution in [3.8, 4) is 22.3 Å². The molecule has 0 saturated carbocycles. The molecule has 4 nitrogen and oxygen atoms in total. The number of halogens is 2. The van der Waals surface area contributed by atoms with Crippen molar-refractivity contribution in [3.05, 3.63) is 106 Å². The van der Waals surface area contributed by atoms with Gasteiger partial charge < -0.3 is 9.15 Å². The number of hydrogen-bond acceptors (Lipinski definition) is 4. The minimum Gasteiger partial charge on any atom is -0.465 e. The first-order chi connectivity index (χ1) is 18.0. The maximum absolute atomic E-state index is 13.8. The van der Waals surface area contributed by atoms with E-state index in [2.05, 4.69) is 0 Å². The summed E-state index contributed by atoms with van der Waals surface area (Å²) in [4.78, 5) is 26.6. The van der Waals surface area contributed by atoms with Gasteiger partial charge in [0.1, 0.15) is 11.2 Å². The monoisotopic (exact) mass is 522 g/mol. The Balaban J connectivity index is 1.68. The summed E-state index contributed by atoms with van der Waals surface area (Å²) in [6.07, 6.45) is 0. The molecule has 1 aliphatic rings. The molecule has 0 unspecified atom stereocenters. The number of carbonyl (C=O) groups excluding carboxylic acids is 2. The Kier molecular flexibility index (Phi) is 4.74. The third kappa shape index (κ3) is 3.03. The second kappa shape index (κ2) is 7.94. The minimum absolute atomic E-state index is 0.144. The quantitative estimate of drug-likeness (QED) is 0.213. The summed E-state index contributed by atoms with van der Waals surface area (Å²) in [5, 5.41) is 4.35. The number of rotatable bonds is 2. The van der Waals surface area contributed by atoms with Gasteiger partial charge in [0.2, 0.25) is 0 Å². The molecular formula is C31H16Cl2O4. The van der Waals surface area contributed by atoms with Crippen LogP contribution in [0, 0.1) is 0 Å². The molecule has 1 heterocycles. The van der Waals surface area contributed by atoms with Gasteiger partial charge in [0.15, 0.2) is 5.78 Å². The summed E-state index contributed by atoms with van der Waals surface area (Å²) in [6.45, 7) is 0. The molecule has 37 heavy (non-hydrogen) atoms. The van der Waals surface area contributed by atoms with Gasteiger partial charge in [0, 0.05) is 48.5 Å². The first-order valence-electron chi connectivity index (χ1n) is 11.6. The Bertz CT molecular complexity index is 1980. The predicted molar refractivity (Wildman–Crippen MR) is 147 cm³/mol. The molecule has 1 aromatic heterocycles. The van der Waals surface area contributed by atoms with Gasteiger partial charge in [-0.3, -0.25) is 4.79 Å². The Morgan fingerprint density at radius 3 is 2.24 bits per heavy atom. The van der Waals surface area contributed by atoms with Crippen LogP contribution in [-0.4, -0.2) is 18.9 Å². The maximum Gasteiger partial charge on any atom is 0.338 e. The van der Waals surface area contributed by atoms with Crippen LogP contribution >= 0.6 is 23.2 Å². The van der Waals surface area contributed by atoms with E-state index in [9.17, 15) is 9.59 Å². The summed E-state index contributed by atoms with van der Waals surface area (Å²) in [7, 11) is 1.33. The summed E-state index contributed by atoms with van der Waals surface area (Å²) in [6, 6.07) is 24.1. The van der Waals surface area contributed by atoms with Gasteiger partial charge >= 0.3 is 5.97 Å². The van der Waals surface area contributed by atoms with Crippen LogP contribution in [0.25, 0.3) is 55.0 Å². The van der Waals surface area contributed by atoms with Gasteiger partial charge in [-0.1, -0.05) is 71.7 Å². The minimum atomic E-state index is -0.522. The van der Waals surface area contributed by atoms with Gasteiger partial charge in [-0.25, -0.2) is 4.79 Å². The Morgan fingerprint density at radius 2 is 1.46 bits per heavy atom. The SMILES string of the molecule is COC(=O)c1cc(Cl)ccc1-c1cc2c(c3oc4ccccc4c13)-c1c(cc(Cl)c3ccccc13)C2=O. The fourth-order valence-electron chi connectivity index (χ4n) is 5.49. The third-order valence-electron chi connectivity index (χ3n) is 7.06. The second-order valence-corrected chi connectivity index (χ2v) is 9.83. The zero-order chi connectivity index (χ0) is 25.4. The molecule has 5 aromatic carbocycles. The standard InChI is InChI=1S/C31H16Cl2O4/c1-36-31(35)21-12-15(32)10-11-16(21)20-13-22-28(30-27(20)19-8-4-5-9-25(19)37-30)26-18-7-3-2-6-17(18)24(33)14-23(26)29(22)34/h2-14H,1H3. The summed E-state index contributed by atoms with van der Waals surface area (Å²) in [5.41, 5.74) is 5.42. The zero-order valence-corrected chi connectivity index (χ0v) is 20.9. The van der Waals surface area contributed by atoms with Gasteiger partial charge in [0.05, 0.1) is 12.7 Å². The van der Waals surface area contributed by atoms with Crippen molar-refractivity contribution < 1.29 is 18.7 Å². The van der Waals surface area contributed by atoms with E-state index in [0.29, 0.717) is 49.0 Å². The molecule has 0 radical (unpaired) electrons. The molecule has 178 valence electrons. The van der Waals surface area contributed by atoms with Crippen LogP contribution < -0.4 is 0 Å². The number of ketones is 1. The van der Waals surface area contributed by atoms with Crippen LogP contribution in [0.3, 0.4) is 0 Å². The highest BCUT2D eigenvalue weighted by Crippen LogP contribution is 2.51.